The van der Waals surface area contributed by atoms with Crippen molar-refractivity contribution in [3.05, 3.63) is 39.9 Å². The van der Waals surface area contributed by atoms with E-state index in [1.54, 1.807) is 0 Å². The Morgan fingerprint density at radius 2 is 1.60 bits per heavy atom. The molecule has 17 heteroatoms. The minimum Gasteiger partial charge on any atom is -0.467 e. The SMILES string of the molecule is COC(=O)[C@H]1O[C@@H](N2C(=O)CS/C2=N/N=C\c2ccc([N+](=O)[O-])cc2)[C@H](OC(C)=O)[C@@H](OC(C)=O)[C@@H]1OC(C)=O. The molecule has 2 saturated heterocycles. The van der Waals surface area contributed by atoms with Gasteiger partial charge in [-0.25, -0.2) is 4.79 Å². The molecule has 2 aliphatic rings. The standard InChI is InChI=1S/C23H24N4O12S/c1-11(28)36-17-18(37-12(2)29)20(22(32)35-4)39-21(19(17)38-13(3)30)26-16(31)10-40-23(26)25-24-9-14-5-7-15(8-6-14)27(33)34/h5-9,17-21H,10H2,1-4H3/b24-9-,25-23+/t17-,18-,19+,20-,21+/m0/s1. The Balaban J connectivity index is 2.02. The summed E-state index contributed by atoms with van der Waals surface area (Å²) < 4.78 is 26.5. The van der Waals surface area contributed by atoms with Crippen LogP contribution in [-0.4, -0.2) is 94.5 Å². The molecule has 0 spiro atoms. The van der Waals surface area contributed by atoms with E-state index in [1.165, 1.54) is 30.5 Å². The lowest BCUT2D eigenvalue weighted by Crippen LogP contribution is -2.67. The summed E-state index contributed by atoms with van der Waals surface area (Å²) in [7, 11) is 1.04. The van der Waals surface area contributed by atoms with E-state index in [2.05, 4.69) is 10.2 Å². The largest absolute Gasteiger partial charge is 0.467 e. The van der Waals surface area contributed by atoms with Gasteiger partial charge in [0.25, 0.3) is 5.69 Å². The normalized spacial score (nSPS) is 25.5. The third-order valence-corrected chi connectivity index (χ3v) is 6.29. The third kappa shape index (κ3) is 7.17. The number of nitro groups is 1. The van der Waals surface area contributed by atoms with Crippen LogP contribution in [0, 0.1) is 10.1 Å². The minimum absolute atomic E-state index is 0.0264. The van der Waals surface area contributed by atoms with Crippen molar-refractivity contribution < 1.29 is 52.6 Å². The van der Waals surface area contributed by atoms with E-state index >= 15 is 0 Å². The van der Waals surface area contributed by atoms with E-state index in [-0.39, 0.29) is 16.6 Å². The van der Waals surface area contributed by atoms with Gasteiger partial charge in [-0.05, 0) is 17.7 Å². The maximum absolute atomic E-state index is 13.0. The fourth-order valence-electron chi connectivity index (χ4n) is 3.83. The molecular formula is C23H24N4O12S. The first-order valence-corrected chi connectivity index (χ1v) is 12.5. The molecule has 3 rings (SSSR count). The van der Waals surface area contributed by atoms with Gasteiger partial charge in [0.1, 0.15) is 0 Å². The number of carbonyl (C=O) groups is 5. The molecule has 0 radical (unpaired) electrons. The van der Waals surface area contributed by atoms with Crippen molar-refractivity contribution in [1.82, 2.24) is 4.90 Å². The summed E-state index contributed by atoms with van der Waals surface area (Å²) >= 11 is 0.950. The lowest BCUT2D eigenvalue weighted by atomic mass is 9.96. The quantitative estimate of drug-likeness (QED) is 0.136. The summed E-state index contributed by atoms with van der Waals surface area (Å²) in [6.45, 7) is 3.14. The lowest BCUT2D eigenvalue weighted by Gasteiger charge is -2.45. The highest BCUT2D eigenvalue weighted by Gasteiger charge is 2.58. The van der Waals surface area contributed by atoms with Crippen LogP contribution in [0.2, 0.25) is 0 Å². The Hall–Kier alpha value is -4.38. The van der Waals surface area contributed by atoms with Gasteiger partial charge in [-0.15, -0.1) is 5.10 Å². The van der Waals surface area contributed by atoms with Crippen molar-refractivity contribution >= 4 is 58.6 Å². The Kier molecular flexibility index (Phi) is 9.89. The van der Waals surface area contributed by atoms with Crippen LogP contribution in [0.3, 0.4) is 0 Å². The first kappa shape index (κ1) is 30.2. The van der Waals surface area contributed by atoms with Crippen LogP contribution in [0.25, 0.3) is 0 Å². The van der Waals surface area contributed by atoms with Crippen LogP contribution in [0.15, 0.2) is 34.5 Å². The summed E-state index contributed by atoms with van der Waals surface area (Å²) in [6.07, 6.45) is -6.76. The van der Waals surface area contributed by atoms with E-state index < -0.39 is 65.4 Å². The van der Waals surface area contributed by atoms with Crippen LogP contribution in [0.5, 0.6) is 0 Å². The monoisotopic (exact) mass is 580 g/mol. The summed E-state index contributed by atoms with van der Waals surface area (Å²) in [6, 6.07) is 5.42. The molecule has 1 aromatic carbocycles. The fourth-order valence-corrected chi connectivity index (χ4v) is 4.67. The second-order valence-corrected chi connectivity index (χ2v) is 9.16. The second kappa shape index (κ2) is 13.1. The molecule has 1 aromatic rings. The molecule has 0 aromatic heterocycles. The zero-order chi connectivity index (χ0) is 29.6. The lowest BCUT2D eigenvalue weighted by molar-refractivity contribution is -0.384. The van der Waals surface area contributed by atoms with Crippen LogP contribution in [0.4, 0.5) is 5.69 Å². The average molecular weight is 581 g/mol. The van der Waals surface area contributed by atoms with Crippen LogP contribution in [-0.2, 0) is 47.7 Å². The molecule has 0 N–H and O–H groups in total. The zero-order valence-electron chi connectivity index (χ0n) is 21.6. The van der Waals surface area contributed by atoms with Gasteiger partial charge in [0.15, 0.2) is 35.8 Å². The van der Waals surface area contributed by atoms with Crippen molar-refractivity contribution in [3.63, 3.8) is 0 Å². The number of non-ortho nitro benzene ring substituents is 1. The molecule has 40 heavy (non-hydrogen) atoms. The average Bonchev–Trinajstić information content (AvgIpc) is 3.25. The van der Waals surface area contributed by atoms with Crippen molar-refractivity contribution in [2.24, 2.45) is 10.2 Å². The topological polar surface area (TPSA) is 203 Å². The number of ether oxygens (including phenoxy) is 5. The second-order valence-electron chi connectivity index (χ2n) is 8.22. The van der Waals surface area contributed by atoms with Gasteiger partial charge in [0.2, 0.25) is 5.91 Å². The van der Waals surface area contributed by atoms with E-state index in [9.17, 15) is 34.1 Å². The van der Waals surface area contributed by atoms with Gasteiger partial charge < -0.3 is 23.7 Å². The van der Waals surface area contributed by atoms with Crippen molar-refractivity contribution in [1.29, 1.82) is 0 Å². The van der Waals surface area contributed by atoms with E-state index in [0.717, 1.165) is 44.5 Å². The van der Waals surface area contributed by atoms with Gasteiger partial charge in [0.05, 0.1) is 24.0 Å². The minimum atomic E-state index is -1.70. The Morgan fingerprint density at radius 3 is 2.15 bits per heavy atom. The van der Waals surface area contributed by atoms with Gasteiger partial charge in [-0.3, -0.25) is 34.2 Å². The number of hydrogen-bond donors (Lipinski definition) is 0. The first-order valence-electron chi connectivity index (χ1n) is 11.5. The number of amides is 1. The summed E-state index contributed by atoms with van der Waals surface area (Å²) in [5, 5.41) is 18.8. The Morgan fingerprint density at radius 1 is 1.02 bits per heavy atom. The molecule has 2 fully saturated rings. The summed E-state index contributed by atoms with van der Waals surface area (Å²) in [5.41, 5.74) is 0.347. The first-order chi connectivity index (χ1) is 18.9. The van der Waals surface area contributed by atoms with Crippen molar-refractivity contribution in [3.8, 4) is 0 Å². The van der Waals surface area contributed by atoms with Crippen molar-refractivity contribution in [2.45, 2.75) is 51.4 Å². The van der Waals surface area contributed by atoms with Gasteiger partial charge in [-0.2, -0.15) is 5.10 Å². The Labute approximate surface area is 230 Å². The number of esters is 4. The van der Waals surface area contributed by atoms with Crippen LogP contribution in [0.1, 0.15) is 26.3 Å². The summed E-state index contributed by atoms with van der Waals surface area (Å²) in [4.78, 5) is 72.7. The van der Waals surface area contributed by atoms with E-state index in [4.69, 9.17) is 23.7 Å². The molecule has 214 valence electrons. The van der Waals surface area contributed by atoms with Gasteiger partial charge >= 0.3 is 23.9 Å². The Bertz CT molecular complexity index is 1250. The molecule has 16 nitrogen and oxygen atoms in total. The van der Waals surface area contributed by atoms with E-state index in [0.29, 0.717) is 5.56 Å². The number of nitro benzene ring substituents is 1. The van der Waals surface area contributed by atoms with Crippen LogP contribution < -0.4 is 0 Å². The smallest absolute Gasteiger partial charge is 0.339 e. The van der Waals surface area contributed by atoms with Gasteiger partial charge in [0, 0.05) is 32.9 Å². The number of carbonyl (C=O) groups excluding carboxylic acids is 5. The number of amidine groups is 1. The highest BCUT2D eigenvalue weighted by Crippen LogP contribution is 2.35. The molecule has 1 amide bonds. The zero-order valence-corrected chi connectivity index (χ0v) is 22.4. The number of methoxy groups -OCH3 is 1. The molecule has 0 saturated carbocycles. The number of hydrogen-bond acceptors (Lipinski definition) is 15. The number of nitrogens with zero attached hydrogens (tertiary/aromatic N) is 4. The van der Waals surface area contributed by atoms with E-state index in [1.807, 2.05) is 0 Å². The van der Waals surface area contributed by atoms with Crippen LogP contribution >= 0.6 is 11.8 Å². The molecule has 5 atom stereocenters. The number of thioether (sulfide) groups is 1. The maximum Gasteiger partial charge on any atom is 0.339 e. The molecule has 0 aliphatic carbocycles. The highest BCUT2D eigenvalue weighted by molar-refractivity contribution is 8.15. The van der Waals surface area contributed by atoms with Crippen molar-refractivity contribution in [2.75, 3.05) is 12.9 Å². The fraction of sp³-hybridized carbons (Fsp3) is 0.435. The molecule has 0 unspecified atom stereocenters. The molecule has 2 aliphatic heterocycles. The number of benzene rings is 1. The van der Waals surface area contributed by atoms with Gasteiger partial charge in [-0.1, -0.05) is 11.8 Å². The molecule has 2 heterocycles. The predicted octanol–water partition coefficient (Wildman–Crippen LogP) is 0.553. The predicted molar refractivity (Wildman–Crippen MR) is 135 cm³/mol. The molecule has 0 bridgehead atoms. The maximum atomic E-state index is 13.0. The number of rotatable bonds is 8. The third-order valence-electron chi connectivity index (χ3n) is 5.36. The highest BCUT2D eigenvalue weighted by atomic mass is 32.2. The summed E-state index contributed by atoms with van der Waals surface area (Å²) in [5.74, 6) is -4.32. The molecular weight excluding hydrogens is 556 g/mol.